The van der Waals surface area contributed by atoms with Crippen molar-refractivity contribution < 1.29 is 114 Å². The first-order chi connectivity index (χ1) is 69.0. The van der Waals surface area contributed by atoms with Gasteiger partial charge in [-0.2, -0.15) is 41.7 Å². The Kier molecular flexibility index (Phi) is 51.6. The Morgan fingerprint density at radius 1 is 0.415 bits per heavy atom. The average molecular weight is 2060 g/mol. The molecule has 0 bridgehead atoms. The number of ether oxygens (including phenoxy) is 17. The third kappa shape index (κ3) is 41.1. The molecule has 5 aliphatic heterocycles. The van der Waals surface area contributed by atoms with Gasteiger partial charge in [-0.05, 0) is 87.5 Å². The number of nitrogens with one attached hydrogen (secondary N) is 5. The molecule has 54 heteroatoms. The molecule has 11 rings (SSSR count). The Balaban J connectivity index is 0.000000241. The number of likely N-dealkylation sites (N-methyl/N-ethyl adjacent to an activating group) is 3. The second-order valence-corrected chi connectivity index (χ2v) is 35.1. The molecule has 12 N–H and O–H groups in total. The van der Waals surface area contributed by atoms with Crippen molar-refractivity contribution in [2.45, 2.75) is 73.2 Å². The number of aliphatic hydroxyl groups is 1. The Labute approximate surface area is 840 Å². The summed E-state index contributed by atoms with van der Waals surface area (Å²) >= 11 is 5.15. The lowest BCUT2D eigenvalue weighted by atomic mass is 10.0. The predicted molar refractivity (Wildman–Crippen MR) is 530 cm³/mol. The van der Waals surface area contributed by atoms with E-state index in [0.717, 1.165) is 163 Å². The van der Waals surface area contributed by atoms with E-state index in [0.29, 0.717) is 137 Å². The highest BCUT2D eigenvalue weighted by molar-refractivity contribution is 8.00. The largest absolute Gasteiger partial charge is 0.480 e. The molecule has 0 spiro atoms. The SMILES string of the molecule is C=CC(=O)Nc1cc(N)nc(Sc2c(OC)nc(N3CCN(C)CC3)nc2OCCOCCOCCOCCO)n1.C=CC(=O)Nc1cc(N)nc(Sc2c(OC)nc(N3CCN(C)CC3)nc2OCCOCCOCCOCCOC(=O)C=C)n1.C=CC(=O)Nc1cc(N)nc(Sc2c(OC)nc(N3CCN(C)CC3)nc2OCCOCCOCCOCCOC(=O)CCCCC2SC[C@@H]3NC(=O)N[C@H]23)n1. The summed E-state index contributed by atoms with van der Waals surface area (Å²) in [5, 5.41) is 23.5. The van der Waals surface area contributed by atoms with Crippen LogP contribution in [0.4, 0.5) is 57.5 Å². The van der Waals surface area contributed by atoms with Gasteiger partial charge in [0.05, 0.1) is 159 Å². The van der Waals surface area contributed by atoms with E-state index in [2.05, 4.69) is 148 Å². The number of hydrogen-bond donors (Lipinski definition) is 9. The highest BCUT2D eigenvalue weighted by Gasteiger charge is 2.43. The van der Waals surface area contributed by atoms with Gasteiger partial charge < -0.3 is 159 Å². The third-order valence-electron chi connectivity index (χ3n) is 20.4. The molecular weight excluding hydrogens is 1930 g/mol. The van der Waals surface area contributed by atoms with Crippen LogP contribution in [0.5, 0.6) is 35.3 Å². The molecule has 0 saturated carbocycles. The van der Waals surface area contributed by atoms with Gasteiger partial charge in [0.1, 0.15) is 82.6 Å². The number of amides is 5. The molecule has 5 fully saturated rings. The lowest BCUT2D eigenvalue weighted by Gasteiger charge is -2.32. The molecule has 142 heavy (non-hydrogen) atoms. The number of methoxy groups -OCH3 is 3. The van der Waals surface area contributed by atoms with Gasteiger partial charge >= 0.3 is 18.0 Å². The number of thioether (sulfide) groups is 1. The van der Waals surface area contributed by atoms with E-state index >= 15 is 0 Å². The molecule has 11 heterocycles. The van der Waals surface area contributed by atoms with Gasteiger partial charge in [0.2, 0.25) is 70.8 Å². The summed E-state index contributed by atoms with van der Waals surface area (Å²) in [5.74, 6) is 3.08. The number of nitrogens with zero attached hydrogens (tertiary/aromatic N) is 18. The van der Waals surface area contributed by atoms with E-state index in [4.69, 9.17) is 118 Å². The van der Waals surface area contributed by atoms with Crippen molar-refractivity contribution >= 4 is 135 Å². The first kappa shape index (κ1) is 114. The number of carbonyl (C=O) groups is 6. The van der Waals surface area contributed by atoms with Crippen LogP contribution in [0.15, 0.2) is 99.0 Å². The van der Waals surface area contributed by atoms with Crippen LogP contribution in [0.25, 0.3) is 0 Å². The molecule has 5 saturated heterocycles. The number of rotatable bonds is 62. The minimum atomic E-state index is -0.486. The molecule has 50 nitrogen and oxygen atoms in total. The number of carbonyl (C=O) groups excluding carboxylic acids is 6. The van der Waals surface area contributed by atoms with Crippen molar-refractivity contribution in [2.75, 3.05) is 333 Å². The zero-order valence-electron chi connectivity index (χ0n) is 80.8. The number of urea groups is 1. The number of anilines is 9. The second kappa shape index (κ2) is 64.2. The van der Waals surface area contributed by atoms with Crippen LogP contribution < -0.4 is 86.9 Å². The number of nitrogen functional groups attached to an aromatic ring is 3. The van der Waals surface area contributed by atoms with E-state index in [9.17, 15) is 28.8 Å². The Bertz CT molecular complexity index is 4970. The van der Waals surface area contributed by atoms with Crippen LogP contribution in [-0.4, -0.2) is 418 Å². The van der Waals surface area contributed by atoms with Crippen molar-refractivity contribution in [3.05, 3.63) is 68.8 Å². The minimum Gasteiger partial charge on any atom is -0.480 e. The molecule has 6 aromatic rings. The lowest BCUT2D eigenvalue weighted by Crippen LogP contribution is -2.45. The highest BCUT2D eigenvalue weighted by Crippen LogP contribution is 2.44. The highest BCUT2D eigenvalue weighted by atomic mass is 32.2. The average Bonchev–Trinajstić information content (AvgIpc) is 1.23. The fraction of sp³-hybridized carbons (Fsp3) is 0.568. The fourth-order valence-electron chi connectivity index (χ4n) is 13.2. The van der Waals surface area contributed by atoms with Crippen LogP contribution in [0.2, 0.25) is 0 Å². The Morgan fingerprint density at radius 3 is 1.04 bits per heavy atom. The summed E-state index contributed by atoms with van der Waals surface area (Å²) in [6.45, 7) is 30.4. The molecule has 0 aliphatic carbocycles. The maximum atomic E-state index is 12.1. The summed E-state index contributed by atoms with van der Waals surface area (Å²) in [5.41, 5.74) is 17.9. The molecule has 0 aromatic carbocycles. The maximum Gasteiger partial charge on any atom is 0.330 e. The van der Waals surface area contributed by atoms with Gasteiger partial charge in [0.15, 0.2) is 15.5 Å². The number of unbranched alkanes of at least 4 members (excludes halogenated alkanes) is 1. The van der Waals surface area contributed by atoms with E-state index < -0.39 is 23.7 Å². The Hall–Kier alpha value is -11.5. The summed E-state index contributed by atoms with van der Waals surface area (Å²) in [6.07, 6.45) is 7.49. The van der Waals surface area contributed by atoms with Crippen molar-refractivity contribution in [2.24, 2.45) is 0 Å². The van der Waals surface area contributed by atoms with Crippen molar-refractivity contribution in [1.29, 1.82) is 0 Å². The van der Waals surface area contributed by atoms with Crippen molar-refractivity contribution in [1.82, 2.24) is 85.1 Å². The smallest absolute Gasteiger partial charge is 0.330 e. The van der Waals surface area contributed by atoms with Crippen LogP contribution in [0.1, 0.15) is 25.7 Å². The molecule has 3 atom stereocenters. The van der Waals surface area contributed by atoms with Gasteiger partial charge in [-0.25, -0.2) is 39.5 Å². The lowest BCUT2D eigenvalue weighted by molar-refractivity contribution is -0.145. The molecule has 5 aliphatic rings. The summed E-state index contributed by atoms with van der Waals surface area (Å²) in [4.78, 5) is 138. The van der Waals surface area contributed by atoms with Gasteiger partial charge in [-0.1, -0.05) is 32.7 Å². The fourth-order valence-corrected chi connectivity index (χ4v) is 17.4. The number of esters is 2. The number of aliphatic hydroxyl groups excluding tert-OH is 1. The normalized spacial score (nSPS) is 15.7. The molecule has 780 valence electrons. The van der Waals surface area contributed by atoms with Gasteiger partial charge in [0.25, 0.3) is 0 Å². The van der Waals surface area contributed by atoms with E-state index in [1.807, 2.05) is 11.8 Å². The van der Waals surface area contributed by atoms with Crippen LogP contribution >= 0.6 is 47.0 Å². The number of hydrogen-bond acceptors (Lipinski definition) is 49. The van der Waals surface area contributed by atoms with Crippen LogP contribution in [0.3, 0.4) is 0 Å². The van der Waals surface area contributed by atoms with Gasteiger partial charge in [0, 0.05) is 120 Å². The summed E-state index contributed by atoms with van der Waals surface area (Å²) < 4.78 is 94.7. The first-order valence-corrected chi connectivity index (χ1v) is 49.3. The number of fused-ring (bicyclic) bond motifs is 1. The molecular formula is C88H130N26O24S4. The first-order valence-electron chi connectivity index (χ1n) is 45.8. The van der Waals surface area contributed by atoms with Crippen molar-refractivity contribution in [3.63, 3.8) is 0 Å². The number of nitrogens with two attached hydrogens (primary N) is 3. The van der Waals surface area contributed by atoms with Crippen LogP contribution in [-0.2, 0) is 76.1 Å². The monoisotopic (exact) mass is 2060 g/mol. The predicted octanol–water partition coefficient (Wildman–Crippen LogP) is 2.93. The third-order valence-corrected chi connectivity index (χ3v) is 24.7. The van der Waals surface area contributed by atoms with Gasteiger partial charge in [-0.3, -0.25) is 19.2 Å². The minimum absolute atomic E-state index is 0.0141. The summed E-state index contributed by atoms with van der Waals surface area (Å²) in [6, 6.07) is 4.63. The molecule has 6 aromatic heterocycles. The molecule has 5 amide bonds. The van der Waals surface area contributed by atoms with E-state index in [1.54, 1.807) is 0 Å². The molecule has 0 radical (unpaired) electrons. The Morgan fingerprint density at radius 2 is 0.725 bits per heavy atom. The second-order valence-electron chi connectivity index (χ2n) is 30.9. The number of piperazine rings is 3. The summed E-state index contributed by atoms with van der Waals surface area (Å²) in [7, 11) is 10.7. The van der Waals surface area contributed by atoms with Crippen molar-refractivity contribution in [3.8, 4) is 35.3 Å². The van der Waals surface area contributed by atoms with E-state index in [1.165, 1.54) is 39.5 Å². The molecule has 1 unspecified atom stereocenters. The van der Waals surface area contributed by atoms with E-state index in [-0.39, 0.29) is 176 Å². The maximum absolute atomic E-state index is 12.1. The topological polar surface area (TPSA) is 592 Å². The quantitative estimate of drug-likeness (QED) is 0.00871. The van der Waals surface area contributed by atoms with Gasteiger partial charge in [-0.15, -0.1) is 0 Å². The zero-order chi connectivity index (χ0) is 102. The zero-order valence-corrected chi connectivity index (χ0v) is 84.1. The van der Waals surface area contributed by atoms with Crippen LogP contribution in [0, 0.1) is 0 Å². The number of aromatic nitrogens is 12. The standard InChI is InChI=1S/C35H52N10O9S2.C28H40N8O8S.C25H38N8O7S/c1-4-27(46)39-26-21-25(36)38-35(40-26)56-30-31(49-3)42-33(45-11-9-44(2)10-12-45)43-32(30)54-20-18-52-16-14-50-13-15-51-17-19-53-28(47)8-6-5-7-24-29-23(22-55-24)37-34(48)41-29;1-5-22(37)31-21-19-20(29)30-28(32-21)45-24-25(39-4)33-27(36-9-7-35(3)8-10-36)34-26(24)44-18-16-42-14-12-40-11-13-41-15-17-43-23(38)6-2;1-4-20(35)28-19-17-18(26)27-25(29-19)41-21-22(36-3)30-24(33-7-5-32(2)6-8-33)31-23(21)40-16-15-39-14-13-38-12-11-37-10-9-34/h4,21,23-24,29H,1,5-20,22H2,2-3H3,(H2,37,41,48)(H3,36,38,39,40,46);5-6,19H,1-2,7-18H2,3-4H3,(H3,29,30,31,32,37);4,17,34H,1,5-16H2,2-3H3,(H3,26,27,28,29,35)/t23-,24?,29-;;/m0../s1.